The van der Waals surface area contributed by atoms with Gasteiger partial charge in [-0.1, -0.05) is 66.4 Å². The van der Waals surface area contributed by atoms with E-state index in [1.807, 2.05) is 60.5 Å². The van der Waals surface area contributed by atoms with Crippen LogP contribution in [0.1, 0.15) is 33.2 Å². The first-order chi connectivity index (χ1) is 16.6. The molecule has 178 valence electrons. The highest BCUT2D eigenvalue weighted by atomic mass is 32.2. The molecule has 0 saturated carbocycles. The third-order valence-electron chi connectivity index (χ3n) is 5.99. The lowest BCUT2D eigenvalue weighted by Crippen LogP contribution is -2.33. The van der Waals surface area contributed by atoms with Crippen LogP contribution >= 0.6 is 11.8 Å². The number of anilines is 1. The van der Waals surface area contributed by atoms with Crippen LogP contribution in [-0.2, 0) is 17.9 Å². The minimum atomic E-state index is -0.0534. The molecule has 1 N–H and O–H groups in total. The summed E-state index contributed by atoms with van der Waals surface area (Å²) in [6, 6.07) is 18.4. The Balaban J connectivity index is 1.52. The zero-order chi connectivity index (χ0) is 23.9. The maximum atomic E-state index is 13.4. The number of rotatable bonds is 9. The van der Waals surface area contributed by atoms with Crippen LogP contribution < -0.4 is 10.2 Å². The lowest BCUT2D eigenvalue weighted by Gasteiger charge is -2.23. The molecule has 1 aliphatic heterocycles. The van der Waals surface area contributed by atoms with Gasteiger partial charge in [-0.15, -0.1) is 0 Å². The molecule has 1 amide bonds. The summed E-state index contributed by atoms with van der Waals surface area (Å²) in [6.45, 7) is 3.02. The molecule has 4 rings (SSSR count). The van der Waals surface area contributed by atoms with E-state index in [-0.39, 0.29) is 12.0 Å². The summed E-state index contributed by atoms with van der Waals surface area (Å²) in [5.41, 5.74) is 3.85. The summed E-state index contributed by atoms with van der Waals surface area (Å²) in [4.78, 5) is 26.2. The fourth-order valence-corrected chi connectivity index (χ4v) is 4.41. The van der Waals surface area contributed by atoms with Crippen molar-refractivity contribution in [3.63, 3.8) is 0 Å². The largest absolute Gasteiger partial charge is 0.368 e. The number of carbonyl (C=O) groups is 1. The molecule has 2 heterocycles. The third-order valence-corrected chi connectivity index (χ3v) is 6.56. The first-order valence-electron chi connectivity index (χ1n) is 11.4. The van der Waals surface area contributed by atoms with E-state index in [2.05, 4.69) is 39.6 Å². The average molecular weight is 478 g/mol. The second kappa shape index (κ2) is 11.5. The minimum Gasteiger partial charge on any atom is -0.368 e. The van der Waals surface area contributed by atoms with Crippen molar-refractivity contribution < 1.29 is 9.53 Å². The molecule has 1 aliphatic rings. The summed E-state index contributed by atoms with van der Waals surface area (Å²) in [5, 5.41) is 3.89. The van der Waals surface area contributed by atoms with Gasteiger partial charge in [-0.2, -0.15) is 0 Å². The third kappa shape index (κ3) is 5.58. The van der Waals surface area contributed by atoms with E-state index in [9.17, 15) is 4.79 Å². The fourth-order valence-electron chi connectivity index (χ4n) is 4.07. The van der Waals surface area contributed by atoms with Gasteiger partial charge in [0.2, 0.25) is 0 Å². The topological polar surface area (TPSA) is 70.6 Å². The molecule has 1 unspecified atom stereocenters. The molecule has 3 aromatic rings. The van der Waals surface area contributed by atoms with Crippen LogP contribution in [-0.4, -0.2) is 60.8 Å². The van der Waals surface area contributed by atoms with Crippen molar-refractivity contribution in [2.24, 2.45) is 0 Å². The van der Waals surface area contributed by atoms with Crippen LogP contribution in [0.5, 0.6) is 0 Å². The minimum absolute atomic E-state index is 0.0416. The summed E-state index contributed by atoms with van der Waals surface area (Å²) in [6.07, 6.45) is 3.54. The number of fused-ring (bicyclic) bond motifs is 1. The normalized spacial score (nSPS) is 14.6. The number of thioether (sulfide) groups is 1. The monoisotopic (exact) mass is 477 g/mol. The lowest BCUT2D eigenvalue weighted by atomic mass is 10.1. The summed E-state index contributed by atoms with van der Waals surface area (Å²) >= 11 is 1.47. The molecular formula is C26H31N5O2S. The standard InChI is InChI=1S/C26H31N5O2S/c1-27-16-23(19-9-5-4-6-10-19)33-18-21-12-8-7-11-20(21)17-31-14-13-30(2)24-22(25(31)32)15-28-26(29-24)34-3/h4-12,15,23,27H,13-14,16-18H2,1-3H3. The summed E-state index contributed by atoms with van der Waals surface area (Å²) in [5.74, 6) is 0.654. The van der Waals surface area contributed by atoms with Gasteiger partial charge in [-0.25, -0.2) is 9.97 Å². The number of hydrogen-bond donors (Lipinski definition) is 1. The highest BCUT2D eigenvalue weighted by Gasteiger charge is 2.27. The Morgan fingerprint density at radius 2 is 1.82 bits per heavy atom. The number of aromatic nitrogens is 2. The Labute approximate surface area is 205 Å². The molecule has 1 aromatic heterocycles. The van der Waals surface area contributed by atoms with Crippen molar-refractivity contribution in [3.05, 3.63) is 83.0 Å². The number of carbonyl (C=O) groups excluding carboxylic acids is 1. The van der Waals surface area contributed by atoms with Gasteiger partial charge >= 0.3 is 0 Å². The van der Waals surface area contributed by atoms with E-state index >= 15 is 0 Å². The van der Waals surface area contributed by atoms with Crippen molar-refractivity contribution in [2.45, 2.75) is 24.4 Å². The number of ether oxygens (including phenoxy) is 1. The van der Waals surface area contributed by atoms with Gasteiger partial charge in [-0.3, -0.25) is 4.79 Å². The summed E-state index contributed by atoms with van der Waals surface area (Å²) < 4.78 is 6.34. The molecule has 0 radical (unpaired) electrons. The van der Waals surface area contributed by atoms with Crippen LogP contribution in [0.2, 0.25) is 0 Å². The number of likely N-dealkylation sites (N-methyl/N-ethyl adjacent to an activating group) is 2. The van der Waals surface area contributed by atoms with Gasteiger partial charge < -0.3 is 19.9 Å². The quantitative estimate of drug-likeness (QED) is 0.372. The lowest BCUT2D eigenvalue weighted by molar-refractivity contribution is 0.0402. The van der Waals surface area contributed by atoms with Gasteiger partial charge in [0.1, 0.15) is 11.4 Å². The fraction of sp³-hybridized carbons (Fsp3) is 0.346. The zero-order valence-electron chi connectivity index (χ0n) is 19.9. The van der Waals surface area contributed by atoms with E-state index in [4.69, 9.17) is 4.74 Å². The first kappa shape index (κ1) is 24.2. The Hall–Kier alpha value is -2.94. The molecule has 0 fully saturated rings. The number of nitrogens with one attached hydrogen (secondary N) is 1. The maximum Gasteiger partial charge on any atom is 0.259 e. The van der Waals surface area contributed by atoms with Crippen LogP contribution in [0, 0.1) is 0 Å². The predicted molar refractivity (Wildman–Crippen MR) is 136 cm³/mol. The zero-order valence-corrected chi connectivity index (χ0v) is 20.7. The van der Waals surface area contributed by atoms with Crippen LogP contribution in [0.4, 0.5) is 5.82 Å². The van der Waals surface area contributed by atoms with Crippen molar-refractivity contribution in [3.8, 4) is 0 Å². The van der Waals surface area contributed by atoms with E-state index in [0.717, 1.165) is 23.2 Å². The highest BCUT2D eigenvalue weighted by molar-refractivity contribution is 7.98. The van der Waals surface area contributed by atoms with E-state index < -0.39 is 0 Å². The molecule has 8 heteroatoms. The summed E-state index contributed by atoms with van der Waals surface area (Å²) in [7, 11) is 3.90. The SMILES string of the molecule is CNCC(OCc1ccccc1CN1CCN(C)c2nc(SC)ncc2C1=O)c1ccccc1. The molecule has 2 aromatic carbocycles. The van der Waals surface area contributed by atoms with Crippen LogP contribution in [0.3, 0.4) is 0 Å². The molecule has 0 spiro atoms. The maximum absolute atomic E-state index is 13.4. The molecule has 0 bridgehead atoms. The second-order valence-electron chi connectivity index (χ2n) is 8.28. The van der Waals surface area contributed by atoms with Gasteiger partial charge in [0.25, 0.3) is 5.91 Å². The van der Waals surface area contributed by atoms with E-state index in [0.29, 0.717) is 42.8 Å². The molecular weight excluding hydrogens is 446 g/mol. The van der Waals surface area contributed by atoms with Crippen LogP contribution in [0.25, 0.3) is 0 Å². The Bertz CT molecular complexity index is 1110. The first-order valence-corrected chi connectivity index (χ1v) is 12.6. The van der Waals surface area contributed by atoms with E-state index in [1.165, 1.54) is 11.8 Å². The van der Waals surface area contributed by atoms with Crippen molar-refractivity contribution >= 4 is 23.5 Å². The van der Waals surface area contributed by atoms with Crippen LogP contribution in [0.15, 0.2) is 66.0 Å². The Morgan fingerprint density at radius 1 is 1.09 bits per heavy atom. The van der Waals surface area contributed by atoms with Gasteiger partial charge in [0.15, 0.2) is 5.16 Å². The molecule has 1 atom stereocenters. The molecule has 34 heavy (non-hydrogen) atoms. The number of amides is 1. The van der Waals surface area contributed by atoms with Gasteiger partial charge in [-0.05, 0) is 30.0 Å². The Morgan fingerprint density at radius 3 is 2.56 bits per heavy atom. The predicted octanol–water partition coefficient (Wildman–Crippen LogP) is 3.77. The highest BCUT2D eigenvalue weighted by Crippen LogP contribution is 2.26. The molecule has 0 saturated heterocycles. The number of hydrogen-bond acceptors (Lipinski definition) is 7. The average Bonchev–Trinajstić information content (AvgIpc) is 2.99. The smallest absolute Gasteiger partial charge is 0.259 e. The molecule has 7 nitrogen and oxygen atoms in total. The van der Waals surface area contributed by atoms with Crippen molar-refractivity contribution in [1.29, 1.82) is 0 Å². The molecule has 0 aliphatic carbocycles. The van der Waals surface area contributed by atoms with Gasteiger partial charge in [0, 0.05) is 39.4 Å². The van der Waals surface area contributed by atoms with Gasteiger partial charge in [0.05, 0.1) is 12.7 Å². The number of nitrogens with zero attached hydrogens (tertiary/aromatic N) is 4. The van der Waals surface area contributed by atoms with E-state index in [1.54, 1.807) is 6.20 Å². The Kier molecular flexibility index (Phi) is 8.16. The van der Waals surface area contributed by atoms with Crippen molar-refractivity contribution in [1.82, 2.24) is 20.2 Å². The number of benzene rings is 2. The van der Waals surface area contributed by atoms with Crippen molar-refractivity contribution in [2.75, 3.05) is 44.9 Å². The second-order valence-corrected chi connectivity index (χ2v) is 9.05.